The van der Waals surface area contributed by atoms with Crippen molar-refractivity contribution in [3.05, 3.63) is 0 Å². The van der Waals surface area contributed by atoms with E-state index in [2.05, 4.69) is 16.7 Å². The number of hydrogen-bond acceptors (Lipinski definition) is 9. The van der Waals surface area contributed by atoms with Gasteiger partial charge in [0.05, 0.1) is 0 Å². The molecule has 0 aliphatic carbocycles. The van der Waals surface area contributed by atoms with Crippen LogP contribution < -0.4 is 5.32 Å². The van der Waals surface area contributed by atoms with Crippen LogP contribution in [0.3, 0.4) is 0 Å². The first-order valence-corrected chi connectivity index (χ1v) is 15.2. The Bertz CT molecular complexity index is 573. The van der Waals surface area contributed by atoms with E-state index in [0.29, 0.717) is 5.75 Å². The number of nitrogens with one attached hydrogen (secondary N) is 1. The van der Waals surface area contributed by atoms with E-state index in [1.807, 2.05) is 0 Å². The molecule has 1 aliphatic heterocycles. The number of carbonyl (C=O) groups excluding carboxylic acids is 4. The van der Waals surface area contributed by atoms with Crippen LogP contribution in [0.4, 0.5) is 0 Å². The molecule has 0 aromatic heterocycles. The van der Waals surface area contributed by atoms with Gasteiger partial charge in [-0.3, -0.25) is 0 Å². The van der Waals surface area contributed by atoms with E-state index in [0.717, 1.165) is 0 Å². The molecule has 1 unspecified atom stereocenters. The summed E-state index contributed by atoms with van der Waals surface area (Å²) in [6.07, 6.45) is -3.86. The third kappa shape index (κ3) is 8.11. The van der Waals surface area contributed by atoms with Crippen LogP contribution in [0.25, 0.3) is 0 Å². The van der Waals surface area contributed by atoms with Crippen molar-refractivity contribution < 1.29 is 38.1 Å². The summed E-state index contributed by atoms with van der Waals surface area (Å²) >= 11 is -1.10. The van der Waals surface area contributed by atoms with Gasteiger partial charge in [0, 0.05) is 0 Å². The van der Waals surface area contributed by atoms with Crippen LogP contribution >= 0.6 is 10.0 Å². The van der Waals surface area contributed by atoms with Crippen LogP contribution in [0.15, 0.2) is 0 Å². The zero-order chi connectivity index (χ0) is 20.7. The maximum atomic E-state index is 11.7. The van der Waals surface area contributed by atoms with Crippen molar-refractivity contribution in [2.24, 2.45) is 0 Å². The number of hydrogen-bond donors (Lipinski definition) is 1. The molecule has 1 N–H and O–H groups in total. The molecule has 11 heteroatoms. The molecule has 1 saturated heterocycles. The van der Waals surface area contributed by atoms with Gasteiger partial charge in [0.1, 0.15) is 0 Å². The van der Waals surface area contributed by atoms with Gasteiger partial charge in [-0.2, -0.15) is 0 Å². The summed E-state index contributed by atoms with van der Waals surface area (Å²) in [6, 6.07) is -1.02. The number of ether oxygens (including phenoxy) is 4. The fourth-order valence-corrected chi connectivity index (χ4v) is 6.09. The average Bonchev–Trinajstić information content (AvgIpc) is 2.49. The van der Waals surface area contributed by atoms with Crippen molar-refractivity contribution in [2.75, 3.05) is 5.75 Å². The minimum absolute atomic E-state index is 0.442. The molecule has 0 aromatic carbocycles. The molecule has 1 rings (SSSR count). The average molecular weight is 467 g/mol. The van der Waals surface area contributed by atoms with Crippen molar-refractivity contribution in [1.82, 2.24) is 5.32 Å². The molecule has 1 fully saturated rings. The molecule has 0 saturated carbocycles. The van der Waals surface area contributed by atoms with Gasteiger partial charge in [0.25, 0.3) is 0 Å². The van der Waals surface area contributed by atoms with Crippen molar-refractivity contribution in [1.29, 1.82) is 0 Å². The summed E-state index contributed by atoms with van der Waals surface area (Å²) in [4.78, 5) is 46.4. The molecule has 1 heterocycles. The summed E-state index contributed by atoms with van der Waals surface area (Å²) in [7, 11) is 1.69. The summed E-state index contributed by atoms with van der Waals surface area (Å²) in [5.74, 6) is -1.80. The zero-order valence-electron chi connectivity index (χ0n) is 16.2. The first-order chi connectivity index (χ1) is 12.5. The molecule has 1 amide bonds. The Balaban J connectivity index is 3.27. The van der Waals surface area contributed by atoms with Crippen molar-refractivity contribution >= 4 is 47.3 Å². The Kier molecular flexibility index (Phi) is 9.62. The topological polar surface area (TPSA) is 117 Å². The molecule has 0 aromatic rings. The zero-order valence-corrected chi connectivity index (χ0v) is 18.9. The monoisotopic (exact) mass is 467 g/mol. The molecule has 5 atom stereocenters. The first-order valence-electron chi connectivity index (χ1n) is 8.25. The number of rotatable bonds is 7. The minimum atomic E-state index is -1.18. The standard InChI is InChI=1S/C16H26AsNO8S/c1-8(19)18-13-15(24-10(3)21)14(23-9(2)20)12(7-27-17(5)6)26-16(13)25-11(4)22/h12-16H,7H2,1-6H3,(H,18,19)/t12-,13-,14-,15-,16?/m1/s1. The summed E-state index contributed by atoms with van der Waals surface area (Å²) < 4.78 is 21.8. The van der Waals surface area contributed by atoms with E-state index in [9.17, 15) is 19.2 Å². The predicted octanol–water partition coefficient (Wildman–Crippen LogP) is 0.627. The van der Waals surface area contributed by atoms with Gasteiger partial charge in [-0.25, -0.2) is 0 Å². The Morgan fingerprint density at radius 1 is 0.926 bits per heavy atom. The van der Waals surface area contributed by atoms with Crippen LogP contribution in [0.5, 0.6) is 0 Å². The second-order valence-electron chi connectivity index (χ2n) is 6.13. The van der Waals surface area contributed by atoms with Crippen LogP contribution in [0.1, 0.15) is 27.7 Å². The van der Waals surface area contributed by atoms with E-state index < -0.39 is 68.0 Å². The van der Waals surface area contributed by atoms with Crippen LogP contribution in [0.2, 0.25) is 11.4 Å². The summed E-state index contributed by atoms with van der Waals surface area (Å²) in [6.45, 7) is 4.91. The third-order valence-electron chi connectivity index (χ3n) is 3.40. The van der Waals surface area contributed by atoms with Gasteiger partial charge < -0.3 is 0 Å². The first kappa shape index (κ1) is 23.8. The molecular weight excluding hydrogens is 441 g/mol. The Hall–Kier alpha value is -1.25. The van der Waals surface area contributed by atoms with E-state index in [4.69, 9.17) is 18.9 Å². The quantitative estimate of drug-likeness (QED) is 0.327. The van der Waals surface area contributed by atoms with Crippen molar-refractivity contribution in [2.45, 2.75) is 69.8 Å². The second-order valence-corrected chi connectivity index (χ2v) is 15.6. The van der Waals surface area contributed by atoms with Gasteiger partial charge in [-0.05, 0) is 0 Å². The second kappa shape index (κ2) is 10.9. The van der Waals surface area contributed by atoms with Gasteiger partial charge in [-0.15, -0.1) is 0 Å². The van der Waals surface area contributed by atoms with E-state index in [1.54, 1.807) is 10.0 Å². The molecule has 0 spiro atoms. The van der Waals surface area contributed by atoms with Gasteiger partial charge in [0.15, 0.2) is 0 Å². The van der Waals surface area contributed by atoms with Crippen LogP contribution in [0, 0.1) is 0 Å². The van der Waals surface area contributed by atoms with Gasteiger partial charge in [0.2, 0.25) is 0 Å². The number of amides is 1. The van der Waals surface area contributed by atoms with Crippen LogP contribution in [-0.2, 0) is 38.1 Å². The van der Waals surface area contributed by atoms with Crippen molar-refractivity contribution in [3.63, 3.8) is 0 Å². The molecule has 1 aliphatic rings. The normalized spacial score (nSPS) is 27.6. The van der Waals surface area contributed by atoms with Crippen molar-refractivity contribution in [3.8, 4) is 0 Å². The SMILES string of the molecule is CC(=O)N[C@H]1C(OC(C)=O)O[C@H](CS[As](C)C)[C@@H](OC(C)=O)[C@@H]1OC(C)=O. The molecule has 27 heavy (non-hydrogen) atoms. The molecule has 0 bridgehead atoms. The molecule has 9 nitrogen and oxygen atoms in total. The Morgan fingerprint density at radius 2 is 1.44 bits per heavy atom. The fraction of sp³-hybridized carbons (Fsp3) is 0.750. The molecule has 154 valence electrons. The van der Waals surface area contributed by atoms with E-state index in [-0.39, 0.29) is 0 Å². The fourth-order valence-electron chi connectivity index (χ4n) is 2.58. The predicted molar refractivity (Wildman–Crippen MR) is 99.1 cm³/mol. The maximum absolute atomic E-state index is 11.7. The number of esters is 3. The molecule has 0 radical (unpaired) electrons. The van der Waals surface area contributed by atoms with E-state index in [1.165, 1.54) is 27.7 Å². The van der Waals surface area contributed by atoms with Gasteiger partial charge >= 0.3 is 166 Å². The Labute approximate surface area is 166 Å². The summed E-state index contributed by atoms with van der Waals surface area (Å²) in [5, 5.41) is 2.57. The van der Waals surface area contributed by atoms with Crippen LogP contribution in [-0.4, -0.2) is 73.7 Å². The Morgan fingerprint density at radius 3 is 1.89 bits per heavy atom. The van der Waals surface area contributed by atoms with Gasteiger partial charge in [-0.1, -0.05) is 0 Å². The number of carbonyl (C=O) groups is 4. The third-order valence-corrected chi connectivity index (χ3v) is 8.58. The molecular formula is C16H26AsNO8S. The van der Waals surface area contributed by atoms with E-state index >= 15 is 0 Å². The summed E-state index contributed by atoms with van der Waals surface area (Å²) in [5.41, 5.74) is 4.27.